The second kappa shape index (κ2) is 6.28. The topological polar surface area (TPSA) is 52.1 Å². The molecule has 0 aliphatic carbocycles. The third kappa shape index (κ3) is 3.63. The van der Waals surface area contributed by atoms with Gasteiger partial charge in [-0.15, -0.1) is 0 Å². The summed E-state index contributed by atoms with van der Waals surface area (Å²) in [6.07, 6.45) is 4.01. The fraction of sp³-hybridized carbons (Fsp3) is 0.312. The molecular weight excluding hydrogens is 252 g/mol. The van der Waals surface area contributed by atoms with Crippen molar-refractivity contribution in [3.05, 3.63) is 53.5 Å². The van der Waals surface area contributed by atoms with Crippen molar-refractivity contribution in [1.29, 1.82) is 0 Å². The Balaban J connectivity index is 2.07. The molecule has 4 heteroatoms. The zero-order valence-corrected chi connectivity index (χ0v) is 12.0. The van der Waals surface area contributed by atoms with Gasteiger partial charge in [-0.2, -0.15) is 0 Å². The van der Waals surface area contributed by atoms with Crippen LogP contribution in [0.1, 0.15) is 35.5 Å². The first-order chi connectivity index (χ1) is 9.56. The normalized spacial score (nSPS) is 10.6. The minimum Gasteiger partial charge on any atom is -0.402 e. The second-order valence-corrected chi connectivity index (χ2v) is 5.15. The highest BCUT2D eigenvalue weighted by Crippen LogP contribution is 2.12. The molecule has 0 aliphatic heterocycles. The van der Waals surface area contributed by atoms with Gasteiger partial charge in [-0.05, 0) is 30.9 Å². The van der Waals surface area contributed by atoms with Gasteiger partial charge in [0.25, 0.3) is 0 Å². The first kappa shape index (κ1) is 14.2. The molecule has 1 aromatic carbocycles. The highest BCUT2D eigenvalue weighted by molar-refractivity contribution is 5.92. The van der Waals surface area contributed by atoms with E-state index in [4.69, 9.17) is 4.74 Å². The van der Waals surface area contributed by atoms with Crippen LogP contribution in [0.5, 0.6) is 5.88 Å². The molecule has 104 valence electrons. The van der Waals surface area contributed by atoms with Crippen LogP contribution >= 0.6 is 0 Å². The number of aromatic nitrogens is 2. The summed E-state index contributed by atoms with van der Waals surface area (Å²) >= 11 is 0. The van der Waals surface area contributed by atoms with Crippen LogP contribution in [0.3, 0.4) is 0 Å². The molecular formula is C16H18N2O2. The number of rotatable bonds is 4. The molecule has 0 N–H and O–H groups in total. The maximum atomic E-state index is 12.0. The molecule has 0 aliphatic rings. The number of nitrogens with zero attached hydrogens (tertiary/aromatic N) is 2. The number of aryl methyl sites for hydroxylation is 1. The number of hydrogen-bond acceptors (Lipinski definition) is 4. The number of ether oxygens (including phenoxy) is 1. The van der Waals surface area contributed by atoms with Crippen LogP contribution in [0, 0.1) is 12.8 Å². The number of carbonyl (C=O) groups is 1. The van der Waals surface area contributed by atoms with Crippen LogP contribution < -0.4 is 4.74 Å². The van der Waals surface area contributed by atoms with Crippen molar-refractivity contribution in [2.75, 3.05) is 0 Å². The maximum absolute atomic E-state index is 12.0. The van der Waals surface area contributed by atoms with Crippen molar-refractivity contribution in [2.24, 2.45) is 5.92 Å². The van der Waals surface area contributed by atoms with E-state index in [1.54, 1.807) is 18.3 Å². The fourth-order valence-electron chi connectivity index (χ4n) is 1.87. The molecule has 2 aromatic rings. The van der Waals surface area contributed by atoms with Gasteiger partial charge in [-0.3, -0.25) is 4.98 Å². The average Bonchev–Trinajstić information content (AvgIpc) is 2.41. The molecule has 0 unspecified atom stereocenters. The van der Waals surface area contributed by atoms with Crippen molar-refractivity contribution in [3.63, 3.8) is 0 Å². The van der Waals surface area contributed by atoms with E-state index in [-0.39, 0.29) is 5.88 Å². The minimum atomic E-state index is -0.408. The summed E-state index contributed by atoms with van der Waals surface area (Å²) in [6, 6.07) is 7.29. The van der Waals surface area contributed by atoms with E-state index in [2.05, 4.69) is 23.8 Å². The molecule has 20 heavy (non-hydrogen) atoms. The summed E-state index contributed by atoms with van der Waals surface area (Å²) in [7, 11) is 0. The van der Waals surface area contributed by atoms with Crippen LogP contribution in [0.2, 0.25) is 0 Å². The van der Waals surface area contributed by atoms with Crippen LogP contribution in [0.15, 0.2) is 36.7 Å². The zero-order chi connectivity index (χ0) is 14.5. The van der Waals surface area contributed by atoms with Crippen molar-refractivity contribution < 1.29 is 9.53 Å². The summed E-state index contributed by atoms with van der Waals surface area (Å²) in [5.74, 6) is 0.337. The Hall–Kier alpha value is -2.23. The van der Waals surface area contributed by atoms with Crippen molar-refractivity contribution in [1.82, 2.24) is 9.97 Å². The number of hydrogen-bond donors (Lipinski definition) is 0. The lowest BCUT2D eigenvalue weighted by Crippen LogP contribution is -2.11. The summed E-state index contributed by atoms with van der Waals surface area (Å²) in [4.78, 5) is 20.4. The Labute approximate surface area is 118 Å². The molecule has 4 nitrogen and oxygen atoms in total. The predicted molar refractivity (Wildman–Crippen MR) is 76.7 cm³/mol. The lowest BCUT2D eigenvalue weighted by molar-refractivity contribution is 0.0726. The first-order valence-corrected chi connectivity index (χ1v) is 6.65. The molecule has 0 spiro atoms. The lowest BCUT2D eigenvalue weighted by Gasteiger charge is -2.07. The van der Waals surface area contributed by atoms with Crippen molar-refractivity contribution in [2.45, 2.75) is 27.2 Å². The Morgan fingerprint density at radius 3 is 2.55 bits per heavy atom. The van der Waals surface area contributed by atoms with Crippen LogP contribution in [0.4, 0.5) is 0 Å². The lowest BCUT2D eigenvalue weighted by atomic mass is 10.1. The van der Waals surface area contributed by atoms with Gasteiger partial charge in [-0.25, -0.2) is 9.78 Å². The summed E-state index contributed by atoms with van der Waals surface area (Å²) in [5.41, 5.74) is 2.32. The van der Waals surface area contributed by atoms with Gasteiger partial charge >= 0.3 is 5.97 Å². The van der Waals surface area contributed by atoms with E-state index in [1.165, 1.54) is 6.20 Å². The van der Waals surface area contributed by atoms with E-state index >= 15 is 0 Å². The largest absolute Gasteiger partial charge is 0.402 e. The Bertz CT molecular complexity index is 592. The molecule has 1 heterocycles. The fourth-order valence-corrected chi connectivity index (χ4v) is 1.87. The van der Waals surface area contributed by atoms with E-state index < -0.39 is 5.97 Å². The minimum absolute atomic E-state index is 0.228. The third-order valence-electron chi connectivity index (χ3n) is 2.86. The van der Waals surface area contributed by atoms with Gasteiger partial charge in [-0.1, -0.05) is 32.0 Å². The number of carbonyl (C=O) groups excluding carboxylic acids is 1. The Kier molecular flexibility index (Phi) is 4.45. The number of benzene rings is 1. The summed E-state index contributed by atoms with van der Waals surface area (Å²) < 4.78 is 5.23. The van der Waals surface area contributed by atoms with Gasteiger partial charge in [0.2, 0.25) is 5.88 Å². The first-order valence-electron chi connectivity index (χ1n) is 6.65. The molecule has 0 atom stereocenters. The molecule has 0 amide bonds. The molecule has 0 fully saturated rings. The van der Waals surface area contributed by atoms with Gasteiger partial charge in [0.05, 0.1) is 23.7 Å². The van der Waals surface area contributed by atoms with Crippen LogP contribution in [-0.4, -0.2) is 15.9 Å². The van der Waals surface area contributed by atoms with Gasteiger partial charge < -0.3 is 4.74 Å². The van der Waals surface area contributed by atoms with Crippen LogP contribution in [0.25, 0.3) is 0 Å². The Morgan fingerprint density at radius 2 is 1.95 bits per heavy atom. The molecule has 2 rings (SSSR count). The number of esters is 1. The Morgan fingerprint density at radius 1 is 1.20 bits per heavy atom. The smallest absolute Gasteiger partial charge is 0.345 e. The van der Waals surface area contributed by atoms with E-state index in [1.807, 2.05) is 19.1 Å². The van der Waals surface area contributed by atoms with E-state index in [9.17, 15) is 4.79 Å². The molecule has 0 saturated carbocycles. The third-order valence-corrected chi connectivity index (χ3v) is 2.86. The molecule has 0 radical (unpaired) electrons. The standard InChI is InChI=1S/C16H18N2O2/c1-11(2)8-13-9-18-15(10-17-13)20-16(19)14-7-5-4-6-12(14)3/h4-7,9-11H,8H2,1-3H3. The highest BCUT2D eigenvalue weighted by atomic mass is 16.5. The van der Waals surface area contributed by atoms with E-state index in [0.29, 0.717) is 11.5 Å². The van der Waals surface area contributed by atoms with Gasteiger partial charge in [0.1, 0.15) is 0 Å². The van der Waals surface area contributed by atoms with Gasteiger partial charge in [0, 0.05) is 0 Å². The van der Waals surface area contributed by atoms with Crippen LogP contribution in [-0.2, 0) is 6.42 Å². The maximum Gasteiger partial charge on any atom is 0.345 e. The van der Waals surface area contributed by atoms with E-state index in [0.717, 1.165) is 17.7 Å². The summed E-state index contributed by atoms with van der Waals surface area (Å²) in [5, 5.41) is 0. The molecule has 0 bridgehead atoms. The van der Waals surface area contributed by atoms with Crippen molar-refractivity contribution in [3.8, 4) is 5.88 Å². The molecule has 0 saturated heterocycles. The molecule has 1 aromatic heterocycles. The summed E-state index contributed by atoms with van der Waals surface area (Å²) in [6.45, 7) is 6.11. The monoisotopic (exact) mass is 270 g/mol. The average molecular weight is 270 g/mol. The zero-order valence-electron chi connectivity index (χ0n) is 12.0. The quantitative estimate of drug-likeness (QED) is 0.800. The predicted octanol–water partition coefficient (Wildman–Crippen LogP) is 3.20. The van der Waals surface area contributed by atoms with Crippen molar-refractivity contribution >= 4 is 5.97 Å². The second-order valence-electron chi connectivity index (χ2n) is 5.15. The van der Waals surface area contributed by atoms with Gasteiger partial charge in [0.15, 0.2) is 0 Å². The highest BCUT2D eigenvalue weighted by Gasteiger charge is 2.12. The SMILES string of the molecule is Cc1ccccc1C(=O)Oc1cnc(CC(C)C)cn1.